The topological polar surface area (TPSA) is 42.4 Å². The smallest absolute Gasteiger partial charge is 0.264 e. The molecule has 0 saturated heterocycles. The van der Waals surface area contributed by atoms with E-state index in [2.05, 4.69) is 4.98 Å². The first-order valence-electron chi connectivity index (χ1n) is 8.28. The molecule has 0 saturated carbocycles. The van der Waals surface area contributed by atoms with Crippen LogP contribution in [-0.4, -0.2) is 24.0 Å². The van der Waals surface area contributed by atoms with Crippen LogP contribution in [0.2, 0.25) is 0 Å². The fourth-order valence-electron chi connectivity index (χ4n) is 2.53. The second-order valence-electron chi connectivity index (χ2n) is 5.72. The first-order valence-corrected chi connectivity index (χ1v) is 9.16. The van der Waals surface area contributed by atoms with Crippen LogP contribution in [0.1, 0.15) is 12.6 Å². The normalized spacial score (nSPS) is 10.6. The maximum atomic E-state index is 13.0. The molecule has 0 N–H and O–H groups in total. The highest BCUT2D eigenvalue weighted by Crippen LogP contribution is 2.25. The number of aryl methyl sites for hydroxylation is 1. The lowest BCUT2D eigenvalue weighted by atomic mass is 10.2. The molecule has 0 aliphatic rings. The van der Waals surface area contributed by atoms with Gasteiger partial charge >= 0.3 is 0 Å². The molecule has 6 heteroatoms. The maximum Gasteiger partial charge on any atom is 0.264 e. The predicted octanol–water partition coefficient (Wildman–Crippen LogP) is 4.69. The Labute approximate surface area is 155 Å². The number of carbonyl (C=O) groups excluding carboxylic acids is 1. The summed E-state index contributed by atoms with van der Waals surface area (Å²) in [5, 5.41) is 2.96. The van der Waals surface area contributed by atoms with Crippen LogP contribution in [-0.2, 0) is 4.79 Å². The van der Waals surface area contributed by atoms with E-state index in [-0.39, 0.29) is 18.3 Å². The number of aromatic nitrogens is 1. The summed E-state index contributed by atoms with van der Waals surface area (Å²) in [5.41, 5.74) is 2.66. The fraction of sp³-hybridized carbons (Fsp3) is 0.200. The van der Waals surface area contributed by atoms with Crippen LogP contribution in [0.15, 0.2) is 53.9 Å². The van der Waals surface area contributed by atoms with Crippen LogP contribution >= 0.6 is 11.3 Å². The lowest BCUT2D eigenvalue weighted by Crippen LogP contribution is -2.34. The number of carbonyl (C=O) groups is 1. The van der Waals surface area contributed by atoms with Crippen molar-refractivity contribution in [2.45, 2.75) is 13.8 Å². The number of ether oxygens (including phenoxy) is 1. The number of amides is 1. The molecular weight excluding hydrogens is 351 g/mol. The van der Waals surface area contributed by atoms with Crippen molar-refractivity contribution in [2.24, 2.45) is 0 Å². The molecule has 134 valence electrons. The minimum atomic E-state index is -0.330. The van der Waals surface area contributed by atoms with Gasteiger partial charge in [0.15, 0.2) is 6.61 Å². The zero-order valence-electron chi connectivity index (χ0n) is 14.6. The minimum Gasteiger partial charge on any atom is -0.484 e. The second-order valence-corrected chi connectivity index (χ2v) is 6.58. The summed E-state index contributed by atoms with van der Waals surface area (Å²) in [6.07, 6.45) is 0. The number of benzene rings is 2. The molecule has 0 fully saturated rings. The van der Waals surface area contributed by atoms with Crippen molar-refractivity contribution in [3.05, 3.63) is 65.4 Å². The van der Waals surface area contributed by atoms with Gasteiger partial charge in [-0.15, -0.1) is 11.3 Å². The molecule has 3 rings (SSSR count). The van der Waals surface area contributed by atoms with Gasteiger partial charge in [-0.2, -0.15) is 0 Å². The van der Waals surface area contributed by atoms with Gasteiger partial charge in [-0.3, -0.25) is 4.79 Å². The van der Waals surface area contributed by atoms with Crippen molar-refractivity contribution in [2.75, 3.05) is 18.1 Å². The maximum absolute atomic E-state index is 13.0. The number of hydrogen-bond donors (Lipinski definition) is 0. The molecule has 4 nitrogen and oxygen atoms in total. The summed E-state index contributed by atoms with van der Waals surface area (Å²) >= 11 is 1.59. The molecule has 1 aromatic heterocycles. The molecule has 0 bridgehead atoms. The lowest BCUT2D eigenvalue weighted by Gasteiger charge is -2.21. The van der Waals surface area contributed by atoms with Gasteiger partial charge in [-0.05, 0) is 62.4 Å². The average molecular weight is 370 g/mol. The number of thiazole rings is 1. The summed E-state index contributed by atoms with van der Waals surface area (Å²) in [4.78, 5) is 18.4. The summed E-state index contributed by atoms with van der Waals surface area (Å²) in [7, 11) is 0. The van der Waals surface area contributed by atoms with Crippen LogP contribution in [0.5, 0.6) is 5.75 Å². The van der Waals surface area contributed by atoms with Gasteiger partial charge < -0.3 is 9.64 Å². The molecule has 0 radical (unpaired) electrons. The van der Waals surface area contributed by atoms with E-state index in [1.165, 1.54) is 12.1 Å². The SMILES string of the molecule is CCN(C(=O)COc1ccc(-c2nc(C)cs2)cc1)c1ccc(F)cc1. The average Bonchev–Trinajstić information content (AvgIpc) is 3.09. The van der Waals surface area contributed by atoms with Crippen LogP contribution < -0.4 is 9.64 Å². The molecule has 0 unspecified atom stereocenters. The van der Waals surface area contributed by atoms with E-state index in [0.717, 1.165) is 16.3 Å². The summed E-state index contributed by atoms with van der Waals surface area (Å²) in [6.45, 7) is 4.23. The Morgan fingerprint density at radius 2 is 1.85 bits per heavy atom. The number of likely N-dealkylation sites (N-methyl/N-ethyl adjacent to an activating group) is 1. The third-order valence-electron chi connectivity index (χ3n) is 3.84. The lowest BCUT2D eigenvalue weighted by molar-refractivity contribution is -0.120. The molecule has 0 aliphatic carbocycles. The Balaban J connectivity index is 1.62. The van der Waals surface area contributed by atoms with E-state index in [1.54, 1.807) is 28.4 Å². The van der Waals surface area contributed by atoms with E-state index in [0.29, 0.717) is 18.0 Å². The highest BCUT2D eigenvalue weighted by molar-refractivity contribution is 7.13. The van der Waals surface area contributed by atoms with E-state index in [1.807, 2.05) is 43.5 Å². The third-order valence-corrected chi connectivity index (χ3v) is 4.85. The Hall–Kier alpha value is -2.73. The minimum absolute atomic E-state index is 0.0824. The Morgan fingerprint density at radius 1 is 1.15 bits per heavy atom. The van der Waals surface area contributed by atoms with Crippen molar-refractivity contribution in [3.63, 3.8) is 0 Å². The van der Waals surface area contributed by atoms with E-state index in [4.69, 9.17) is 4.74 Å². The molecule has 0 aliphatic heterocycles. The van der Waals surface area contributed by atoms with E-state index in [9.17, 15) is 9.18 Å². The standard InChI is InChI=1S/C20H19FN2O2S/c1-3-23(17-8-6-16(21)7-9-17)19(24)12-25-18-10-4-15(5-11-18)20-22-14(2)13-26-20/h4-11,13H,3,12H2,1-2H3. The Morgan fingerprint density at radius 3 is 2.42 bits per heavy atom. The molecule has 0 spiro atoms. The number of halogens is 1. The molecule has 26 heavy (non-hydrogen) atoms. The van der Waals surface area contributed by atoms with Gasteiger partial charge in [-0.25, -0.2) is 9.37 Å². The zero-order valence-corrected chi connectivity index (χ0v) is 15.4. The summed E-state index contributed by atoms with van der Waals surface area (Å²) in [6, 6.07) is 13.4. The number of nitrogens with zero attached hydrogens (tertiary/aromatic N) is 2. The first kappa shape index (κ1) is 18.1. The van der Waals surface area contributed by atoms with Gasteiger partial charge in [0, 0.05) is 28.9 Å². The number of anilines is 1. The van der Waals surface area contributed by atoms with E-state index >= 15 is 0 Å². The van der Waals surface area contributed by atoms with Crippen LogP contribution in [0.4, 0.5) is 10.1 Å². The Kier molecular flexibility index (Phi) is 5.63. The number of hydrogen-bond acceptors (Lipinski definition) is 4. The van der Waals surface area contributed by atoms with Crippen molar-refractivity contribution in [1.82, 2.24) is 4.98 Å². The molecule has 2 aromatic carbocycles. The van der Waals surface area contributed by atoms with Crippen molar-refractivity contribution in [1.29, 1.82) is 0 Å². The molecule has 1 heterocycles. The van der Waals surface area contributed by atoms with Crippen molar-refractivity contribution < 1.29 is 13.9 Å². The summed E-state index contributed by atoms with van der Waals surface area (Å²) in [5.74, 6) is 0.105. The molecular formula is C20H19FN2O2S. The van der Waals surface area contributed by atoms with Gasteiger partial charge in [-0.1, -0.05) is 0 Å². The first-order chi connectivity index (χ1) is 12.6. The second kappa shape index (κ2) is 8.10. The molecule has 3 aromatic rings. The zero-order chi connectivity index (χ0) is 18.5. The molecule has 0 atom stereocenters. The van der Waals surface area contributed by atoms with Crippen LogP contribution in [0.25, 0.3) is 10.6 Å². The van der Waals surface area contributed by atoms with E-state index < -0.39 is 0 Å². The highest BCUT2D eigenvalue weighted by Gasteiger charge is 2.14. The predicted molar refractivity (Wildman–Crippen MR) is 102 cm³/mol. The quantitative estimate of drug-likeness (QED) is 0.632. The fourth-order valence-corrected chi connectivity index (χ4v) is 3.33. The van der Waals surface area contributed by atoms with Gasteiger partial charge in [0.2, 0.25) is 0 Å². The van der Waals surface area contributed by atoms with Crippen LogP contribution in [0, 0.1) is 12.7 Å². The Bertz CT molecular complexity index is 876. The van der Waals surface area contributed by atoms with Gasteiger partial charge in [0.1, 0.15) is 16.6 Å². The van der Waals surface area contributed by atoms with Crippen LogP contribution in [0.3, 0.4) is 0 Å². The molecule has 1 amide bonds. The third kappa shape index (κ3) is 4.26. The monoisotopic (exact) mass is 370 g/mol. The number of rotatable bonds is 6. The van der Waals surface area contributed by atoms with Crippen molar-refractivity contribution >= 4 is 22.9 Å². The van der Waals surface area contributed by atoms with Crippen molar-refractivity contribution in [3.8, 4) is 16.3 Å². The summed E-state index contributed by atoms with van der Waals surface area (Å²) < 4.78 is 18.7. The highest BCUT2D eigenvalue weighted by atomic mass is 32.1. The largest absolute Gasteiger partial charge is 0.484 e. The van der Waals surface area contributed by atoms with Gasteiger partial charge in [0.25, 0.3) is 5.91 Å². The van der Waals surface area contributed by atoms with Gasteiger partial charge in [0.05, 0.1) is 0 Å².